The first kappa shape index (κ1) is 4.95. The maximum absolute atomic E-state index is 1.54. The normalized spacial score (nSPS) is 25.5. The molecule has 0 heterocycles. The van der Waals surface area contributed by atoms with Crippen molar-refractivity contribution in [3.8, 4) is 0 Å². The zero-order chi connectivity index (χ0) is 4.41. The third-order valence-electron chi connectivity index (χ3n) is 1.40. The third-order valence-corrected chi connectivity index (χ3v) is 3.30. The van der Waals surface area contributed by atoms with Gasteiger partial charge in [0, 0.05) is 0 Å². The molecule has 0 amide bonds. The molecule has 6 heavy (non-hydrogen) atoms. The van der Waals surface area contributed by atoms with Crippen molar-refractivity contribution in [3.05, 3.63) is 0 Å². The Balaban J connectivity index is 2.18. The Hall–Kier alpha value is 0.799. The van der Waals surface area contributed by atoms with Crippen molar-refractivity contribution in [2.75, 3.05) is 0 Å². The summed E-state index contributed by atoms with van der Waals surface area (Å²) < 4.78 is 1.18. The van der Waals surface area contributed by atoms with Gasteiger partial charge in [-0.2, -0.15) is 0 Å². The first-order valence-corrected chi connectivity index (χ1v) is 4.55. The van der Waals surface area contributed by atoms with Crippen molar-refractivity contribution in [2.45, 2.75) is 29.6 Å². The van der Waals surface area contributed by atoms with E-state index in [9.17, 15) is 0 Å². The second kappa shape index (κ2) is 2.20. The van der Waals surface area contributed by atoms with Crippen LogP contribution in [-0.2, 0) is 0 Å². The molecule has 1 heteroatoms. The summed E-state index contributed by atoms with van der Waals surface area (Å²) in [6, 6.07) is 0. The molecular formula is C5H10Sn. The topological polar surface area (TPSA) is 0 Å². The summed E-state index contributed by atoms with van der Waals surface area (Å²) in [5, 5.41) is 0. The number of rotatable bonds is 0. The Morgan fingerprint density at radius 2 is 1.67 bits per heavy atom. The average molecular weight is 189 g/mol. The van der Waals surface area contributed by atoms with Gasteiger partial charge in [0.15, 0.2) is 0 Å². The molecule has 1 aliphatic rings. The molecule has 0 aromatic carbocycles. The predicted octanol–water partition coefficient (Wildman–Crippen LogP) is 1.25. The minimum atomic E-state index is 1.18. The molecule has 1 fully saturated rings. The fourth-order valence-corrected chi connectivity index (χ4v) is 2.30. The van der Waals surface area contributed by atoms with Gasteiger partial charge in [0.1, 0.15) is 0 Å². The van der Waals surface area contributed by atoms with Crippen LogP contribution in [0.15, 0.2) is 0 Å². The summed E-state index contributed by atoms with van der Waals surface area (Å²) in [6.07, 6.45) is 6.13. The van der Waals surface area contributed by atoms with Crippen LogP contribution < -0.4 is 0 Å². The van der Waals surface area contributed by atoms with Crippen molar-refractivity contribution in [2.24, 2.45) is 0 Å². The van der Waals surface area contributed by atoms with Crippen LogP contribution in [0.5, 0.6) is 0 Å². The molecular weight excluding hydrogens is 179 g/mol. The van der Waals surface area contributed by atoms with E-state index in [1.165, 1.54) is 39.3 Å². The quantitative estimate of drug-likeness (QED) is 0.503. The Morgan fingerprint density at radius 3 is 1.83 bits per heavy atom. The van der Waals surface area contributed by atoms with Gasteiger partial charge < -0.3 is 0 Å². The van der Waals surface area contributed by atoms with E-state index in [1.807, 2.05) is 0 Å². The minimum absolute atomic E-state index is 1.18. The molecule has 0 nitrogen and oxygen atoms in total. The van der Waals surface area contributed by atoms with Gasteiger partial charge in [0.05, 0.1) is 0 Å². The van der Waals surface area contributed by atoms with Crippen LogP contribution in [0.3, 0.4) is 0 Å². The van der Waals surface area contributed by atoms with Gasteiger partial charge in [-0.05, 0) is 0 Å². The fraction of sp³-hybridized carbons (Fsp3) is 1.00. The van der Waals surface area contributed by atoms with Crippen LogP contribution in [0.2, 0.25) is 3.93 Å². The average Bonchev–Trinajstić information content (AvgIpc) is 1.86. The summed E-state index contributed by atoms with van der Waals surface area (Å²) in [7, 11) is 0. The van der Waals surface area contributed by atoms with Gasteiger partial charge in [-0.1, -0.05) is 0 Å². The molecule has 2 radical (unpaired) electrons. The van der Waals surface area contributed by atoms with Crippen LogP contribution in [0.25, 0.3) is 0 Å². The van der Waals surface area contributed by atoms with Crippen molar-refractivity contribution in [1.82, 2.24) is 0 Å². The van der Waals surface area contributed by atoms with E-state index in [-0.39, 0.29) is 0 Å². The van der Waals surface area contributed by atoms with Gasteiger partial charge >= 0.3 is 52.1 Å². The van der Waals surface area contributed by atoms with E-state index < -0.39 is 0 Å². The zero-order valence-corrected chi connectivity index (χ0v) is 7.28. The summed E-state index contributed by atoms with van der Waals surface area (Å²) in [4.78, 5) is 0. The zero-order valence-electron chi connectivity index (χ0n) is 3.98. The molecule has 0 aliphatic heterocycles. The summed E-state index contributed by atoms with van der Waals surface area (Å²) in [5.74, 6) is 0. The van der Waals surface area contributed by atoms with Gasteiger partial charge in [-0.25, -0.2) is 0 Å². The van der Waals surface area contributed by atoms with Crippen LogP contribution in [0, 0.1) is 0 Å². The first-order chi connectivity index (χ1) is 2.89. The van der Waals surface area contributed by atoms with E-state index in [0.29, 0.717) is 0 Å². The van der Waals surface area contributed by atoms with Gasteiger partial charge in [-0.15, -0.1) is 0 Å². The van der Waals surface area contributed by atoms with Crippen molar-refractivity contribution >= 4 is 22.5 Å². The second-order valence-corrected chi connectivity index (χ2v) is 4.74. The molecule has 0 bridgehead atoms. The Kier molecular flexibility index (Phi) is 1.81. The van der Waals surface area contributed by atoms with E-state index in [4.69, 9.17) is 0 Å². The Morgan fingerprint density at radius 1 is 1.17 bits per heavy atom. The molecule has 1 saturated carbocycles. The van der Waals surface area contributed by atoms with Gasteiger partial charge in [-0.3, -0.25) is 0 Å². The summed E-state index contributed by atoms with van der Waals surface area (Å²) in [6.45, 7) is 0. The molecule has 1 rings (SSSR count). The molecule has 0 unspecified atom stereocenters. The molecule has 34 valence electrons. The molecule has 0 aromatic heterocycles. The van der Waals surface area contributed by atoms with Crippen LogP contribution in [0.4, 0.5) is 0 Å². The monoisotopic (exact) mass is 190 g/mol. The number of hydrogen-bond acceptors (Lipinski definition) is 0. The molecule has 1 aliphatic carbocycles. The van der Waals surface area contributed by atoms with E-state index in [0.717, 1.165) is 0 Å². The van der Waals surface area contributed by atoms with E-state index >= 15 is 0 Å². The molecule has 0 spiro atoms. The predicted molar refractivity (Wildman–Crippen MR) is 29.4 cm³/mol. The molecule has 0 N–H and O–H groups in total. The molecule has 0 saturated heterocycles. The van der Waals surface area contributed by atoms with E-state index in [2.05, 4.69) is 0 Å². The van der Waals surface area contributed by atoms with Crippen LogP contribution in [0.1, 0.15) is 25.7 Å². The SMILES string of the molecule is [SnH][CH]1CCCC1. The van der Waals surface area contributed by atoms with Crippen molar-refractivity contribution in [3.63, 3.8) is 0 Å². The maximum atomic E-state index is 1.54. The Bertz CT molecular complexity index is 37.2. The summed E-state index contributed by atoms with van der Waals surface area (Å²) >= 11 is 1.51. The summed E-state index contributed by atoms with van der Waals surface area (Å²) in [5.41, 5.74) is 0. The first-order valence-electron chi connectivity index (χ1n) is 2.65. The van der Waals surface area contributed by atoms with Crippen LogP contribution in [-0.4, -0.2) is 22.5 Å². The molecule has 0 atom stereocenters. The van der Waals surface area contributed by atoms with Gasteiger partial charge in [0.25, 0.3) is 0 Å². The molecule has 0 aromatic rings. The number of hydrogen-bond donors (Lipinski definition) is 0. The van der Waals surface area contributed by atoms with Crippen LogP contribution >= 0.6 is 0 Å². The Labute approximate surface area is 52.4 Å². The van der Waals surface area contributed by atoms with Gasteiger partial charge in [0.2, 0.25) is 0 Å². The van der Waals surface area contributed by atoms with Crippen molar-refractivity contribution < 1.29 is 0 Å². The second-order valence-electron chi connectivity index (χ2n) is 2.04. The standard InChI is InChI=1S/C5H9.Sn.H/c1-2-4-5-3-1;;/h1H,2-5H2;;. The fourth-order valence-electron chi connectivity index (χ4n) is 0.957. The third kappa shape index (κ3) is 1.14. The van der Waals surface area contributed by atoms with E-state index in [1.54, 1.807) is 12.8 Å². The van der Waals surface area contributed by atoms with Crippen molar-refractivity contribution in [1.29, 1.82) is 0 Å².